The van der Waals surface area contributed by atoms with Crippen molar-refractivity contribution in [3.8, 4) is 0 Å². The van der Waals surface area contributed by atoms with Gasteiger partial charge in [0, 0.05) is 6.20 Å². The second-order valence-electron chi connectivity index (χ2n) is 3.76. The summed E-state index contributed by atoms with van der Waals surface area (Å²) in [5, 5.41) is 3.30. The summed E-state index contributed by atoms with van der Waals surface area (Å²) in [6.07, 6.45) is 1.42. The number of benzene rings is 1. The number of nitrogens with one attached hydrogen (secondary N) is 1. The molecule has 2 aromatic rings. The molecule has 1 heterocycles. The van der Waals surface area contributed by atoms with Crippen molar-refractivity contribution in [3.05, 3.63) is 59.0 Å². The van der Waals surface area contributed by atoms with E-state index in [4.69, 9.17) is 11.6 Å². The van der Waals surface area contributed by atoms with Crippen LogP contribution in [-0.4, -0.2) is 4.98 Å². The minimum Gasteiger partial charge on any atom is -0.361 e. The van der Waals surface area contributed by atoms with Crippen LogP contribution in [0.1, 0.15) is 18.5 Å². The van der Waals surface area contributed by atoms with Gasteiger partial charge >= 0.3 is 0 Å². The van der Waals surface area contributed by atoms with Crippen LogP contribution >= 0.6 is 11.6 Å². The highest BCUT2D eigenvalue weighted by Gasteiger charge is 2.09. The summed E-state index contributed by atoms with van der Waals surface area (Å²) in [6.45, 7) is 1.95. The number of nitrogens with zero attached hydrogens (tertiary/aromatic N) is 1. The second-order valence-corrected chi connectivity index (χ2v) is 4.20. The van der Waals surface area contributed by atoms with Crippen LogP contribution in [0.25, 0.3) is 0 Å². The Bertz CT molecular complexity index is 502. The molecule has 0 saturated heterocycles. The summed E-state index contributed by atoms with van der Waals surface area (Å²) < 4.78 is 13.5. The first-order chi connectivity index (χ1) is 8.16. The van der Waals surface area contributed by atoms with Gasteiger partial charge in [-0.25, -0.2) is 9.37 Å². The number of pyridine rings is 1. The van der Waals surface area contributed by atoms with E-state index >= 15 is 0 Å². The van der Waals surface area contributed by atoms with Gasteiger partial charge in [0.05, 0.1) is 11.1 Å². The van der Waals surface area contributed by atoms with Crippen LogP contribution in [0.4, 0.5) is 10.2 Å². The topological polar surface area (TPSA) is 24.9 Å². The molecule has 1 aromatic heterocycles. The van der Waals surface area contributed by atoms with Gasteiger partial charge in [-0.1, -0.05) is 41.9 Å². The van der Waals surface area contributed by atoms with Gasteiger partial charge in [-0.05, 0) is 18.6 Å². The van der Waals surface area contributed by atoms with E-state index in [1.54, 1.807) is 0 Å². The molecule has 17 heavy (non-hydrogen) atoms. The molecule has 0 spiro atoms. The molecule has 0 aliphatic rings. The lowest BCUT2D eigenvalue weighted by Crippen LogP contribution is -2.09. The molecular weight excluding hydrogens is 239 g/mol. The zero-order valence-corrected chi connectivity index (χ0v) is 10.1. The van der Waals surface area contributed by atoms with E-state index in [0.29, 0.717) is 5.02 Å². The average Bonchev–Trinajstić information content (AvgIpc) is 2.34. The van der Waals surface area contributed by atoms with Crippen molar-refractivity contribution in [1.29, 1.82) is 0 Å². The van der Waals surface area contributed by atoms with Crippen molar-refractivity contribution in [3.63, 3.8) is 0 Å². The van der Waals surface area contributed by atoms with Crippen LogP contribution in [0.3, 0.4) is 0 Å². The lowest BCUT2D eigenvalue weighted by Gasteiger charge is -2.15. The molecule has 0 saturated carbocycles. The maximum Gasteiger partial charge on any atom is 0.166 e. The van der Waals surface area contributed by atoms with Crippen LogP contribution in [0.5, 0.6) is 0 Å². The predicted octanol–water partition coefficient (Wildman–Crippen LogP) is 4.05. The lowest BCUT2D eigenvalue weighted by atomic mass is 10.1. The van der Waals surface area contributed by atoms with Gasteiger partial charge in [0.2, 0.25) is 0 Å². The van der Waals surface area contributed by atoms with Crippen LogP contribution in [-0.2, 0) is 0 Å². The molecule has 0 fully saturated rings. The first-order valence-corrected chi connectivity index (χ1v) is 5.67. The molecule has 1 atom stereocenters. The van der Waals surface area contributed by atoms with E-state index < -0.39 is 5.82 Å². The van der Waals surface area contributed by atoms with Crippen molar-refractivity contribution in [2.75, 3.05) is 5.32 Å². The van der Waals surface area contributed by atoms with Crippen LogP contribution in [0.2, 0.25) is 5.02 Å². The van der Waals surface area contributed by atoms with Crippen molar-refractivity contribution in [2.24, 2.45) is 0 Å². The molecule has 1 aromatic carbocycles. The Hall–Kier alpha value is -1.61. The Morgan fingerprint density at radius 3 is 2.65 bits per heavy atom. The van der Waals surface area contributed by atoms with Crippen molar-refractivity contribution < 1.29 is 4.39 Å². The van der Waals surface area contributed by atoms with Gasteiger partial charge in [-0.3, -0.25) is 0 Å². The molecule has 4 heteroatoms. The SMILES string of the molecule is CC(Nc1ncc(Cl)cc1F)c1ccccc1. The largest absolute Gasteiger partial charge is 0.361 e. The van der Waals surface area contributed by atoms with Crippen molar-refractivity contribution in [2.45, 2.75) is 13.0 Å². The quantitative estimate of drug-likeness (QED) is 0.889. The van der Waals surface area contributed by atoms with Gasteiger partial charge < -0.3 is 5.32 Å². The zero-order valence-electron chi connectivity index (χ0n) is 9.32. The Balaban J connectivity index is 2.16. The smallest absolute Gasteiger partial charge is 0.166 e. The van der Waals surface area contributed by atoms with E-state index in [-0.39, 0.29) is 11.9 Å². The van der Waals surface area contributed by atoms with E-state index in [9.17, 15) is 4.39 Å². The fourth-order valence-electron chi connectivity index (χ4n) is 1.55. The standard InChI is InChI=1S/C13H12ClFN2/c1-9(10-5-3-2-4-6-10)17-13-12(15)7-11(14)8-16-13/h2-9H,1H3,(H,16,17). The van der Waals surface area contributed by atoms with Crippen molar-refractivity contribution >= 4 is 17.4 Å². The number of rotatable bonds is 3. The van der Waals surface area contributed by atoms with Crippen LogP contribution in [0, 0.1) is 5.82 Å². The first-order valence-electron chi connectivity index (χ1n) is 5.29. The fraction of sp³-hybridized carbons (Fsp3) is 0.154. The molecule has 0 amide bonds. The number of aromatic nitrogens is 1. The minimum absolute atomic E-state index is 0.0145. The molecule has 0 aliphatic carbocycles. The molecule has 2 rings (SSSR count). The lowest BCUT2D eigenvalue weighted by molar-refractivity contribution is 0.621. The third kappa shape index (κ3) is 2.94. The second kappa shape index (κ2) is 5.15. The third-order valence-electron chi connectivity index (χ3n) is 2.46. The zero-order chi connectivity index (χ0) is 12.3. The van der Waals surface area contributed by atoms with Gasteiger partial charge in [0.15, 0.2) is 11.6 Å². The molecule has 0 radical (unpaired) electrons. The highest BCUT2D eigenvalue weighted by Crippen LogP contribution is 2.21. The molecule has 1 N–H and O–H groups in total. The van der Waals surface area contributed by atoms with Gasteiger partial charge in [0.25, 0.3) is 0 Å². The molecule has 88 valence electrons. The Labute approximate surface area is 104 Å². The van der Waals surface area contributed by atoms with Gasteiger partial charge in [-0.15, -0.1) is 0 Å². The summed E-state index contributed by atoms with van der Waals surface area (Å²) in [5.74, 6) is -0.231. The summed E-state index contributed by atoms with van der Waals surface area (Å²) in [5.41, 5.74) is 1.07. The van der Waals surface area contributed by atoms with Gasteiger partial charge in [-0.2, -0.15) is 0 Å². The predicted molar refractivity (Wildman–Crippen MR) is 67.7 cm³/mol. The fourth-order valence-corrected chi connectivity index (χ4v) is 1.70. The first kappa shape index (κ1) is 11.9. The number of anilines is 1. The number of halogens is 2. The molecule has 0 bridgehead atoms. The van der Waals surface area contributed by atoms with Crippen LogP contribution in [0.15, 0.2) is 42.6 Å². The third-order valence-corrected chi connectivity index (χ3v) is 2.67. The van der Waals surface area contributed by atoms with Gasteiger partial charge in [0.1, 0.15) is 0 Å². The monoisotopic (exact) mass is 250 g/mol. The van der Waals surface area contributed by atoms with E-state index in [1.165, 1.54) is 12.3 Å². The number of hydrogen-bond donors (Lipinski definition) is 1. The minimum atomic E-state index is -0.444. The van der Waals surface area contributed by atoms with Crippen molar-refractivity contribution in [1.82, 2.24) is 4.98 Å². The Morgan fingerprint density at radius 2 is 2.00 bits per heavy atom. The highest BCUT2D eigenvalue weighted by atomic mass is 35.5. The maximum atomic E-state index is 13.5. The van der Waals surface area contributed by atoms with E-state index in [1.807, 2.05) is 37.3 Å². The molecule has 1 unspecified atom stereocenters. The molecule has 0 aliphatic heterocycles. The van der Waals surface area contributed by atoms with E-state index in [0.717, 1.165) is 5.56 Å². The molecule has 2 nitrogen and oxygen atoms in total. The summed E-state index contributed by atoms with van der Waals surface area (Å²) in [6, 6.07) is 11.0. The summed E-state index contributed by atoms with van der Waals surface area (Å²) in [7, 11) is 0. The Morgan fingerprint density at radius 1 is 1.29 bits per heavy atom. The normalized spacial score (nSPS) is 12.2. The van der Waals surface area contributed by atoms with Crippen LogP contribution < -0.4 is 5.32 Å². The summed E-state index contributed by atoms with van der Waals surface area (Å²) in [4.78, 5) is 3.93. The average molecular weight is 251 g/mol. The number of hydrogen-bond acceptors (Lipinski definition) is 2. The maximum absolute atomic E-state index is 13.5. The Kier molecular flexibility index (Phi) is 3.59. The summed E-state index contributed by atoms with van der Waals surface area (Å²) >= 11 is 5.64. The molecular formula is C13H12ClFN2. The van der Waals surface area contributed by atoms with E-state index in [2.05, 4.69) is 10.3 Å². The highest BCUT2D eigenvalue weighted by molar-refractivity contribution is 6.30.